The molecule has 1 aliphatic rings. The topological polar surface area (TPSA) is 30.7 Å². The molecule has 3 rings (SSSR count). The van der Waals surface area contributed by atoms with E-state index in [0.717, 1.165) is 5.65 Å². The van der Waals surface area contributed by atoms with Crippen molar-refractivity contribution in [2.24, 2.45) is 7.05 Å². The lowest BCUT2D eigenvalue weighted by Gasteiger charge is -2.18. The van der Waals surface area contributed by atoms with Crippen molar-refractivity contribution >= 4 is 11.0 Å². The molecule has 1 aliphatic carbocycles. The van der Waals surface area contributed by atoms with Crippen molar-refractivity contribution in [3.05, 3.63) is 23.3 Å². The number of aromatic nitrogens is 3. The van der Waals surface area contributed by atoms with Crippen molar-refractivity contribution in [1.82, 2.24) is 14.5 Å². The molecule has 0 radical (unpaired) electrons. The molecule has 0 bridgehead atoms. The van der Waals surface area contributed by atoms with Crippen molar-refractivity contribution < 1.29 is 0 Å². The molecule has 0 aromatic carbocycles. The highest BCUT2D eigenvalue weighted by molar-refractivity contribution is 5.86. The molecule has 3 nitrogen and oxygen atoms in total. The number of fused-ring (bicyclic) bond motifs is 3. The Labute approximate surface area is 102 Å². The molecule has 17 heavy (non-hydrogen) atoms. The average molecular weight is 229 g/mol. The molecule has 0 spiro atoms. The van der Waals surface area contributed by atoms with Crippen molar-refractivity contribution in [3.63, 3.8) is 0 Å². The zero-order chi connectivity index (χ0) is 12.2. The first-order chi connectivity index (χ1) is 8.00. The van der Waals surface area contributed by atoms with Crippen molar-refractivity contribution in [3.8, 4) is 0 Å². The van der Waals surface area contributed by atoms with Gasteiger partial charge in [0.15, 0.2) is 0 Å². The van der Waals surface area contributed by atoms with E-state index in [1.807, 2.05) is 0 Å². The maximum Gasteiger partial charge on any atom is 0.143 e. The van der Waals surface area contributed by atoms with E-state index in [4.69, 9.17) is 0 Å². The quantitative estimate of drug-likeness (QED) is 0.695. The first-order valence-electron chi connectivity index (χ1n) is 6.32. The first-order valence-corrected chi connectivity index (χ1v) is 6.32. The molecule has 0 N–H and O–H groups in total. The first kappa shape index (κ1) is 10.8. The van der Waals surface area contributed by atoms with Gasteiger partial charge >= 0.3 is 0 Å². The second-order valence-electron chi connectivity index (χ2n) is 6.01. The molecule has 0 saturated heterocycles. The number of hydrogen-bond acceptors (Lipinski definition) is 2. The van der Waals surface area contributed by atoms with Gasteiger partial charge in [0, 0.05) is 23.5 Å². The molecule has 0 unspecified atom stereocenters. The van der Waals surface area contributed by atoms with Crippen LogP contribution in [0.3, 0.4) is 0 Å². The van der Waals surface area contributed by atoms with Crippen LogP contribution in [0.1, 0.15) is 44.1 Å². The van der Waals surface area contributed by atoms with Crippen LogP contribution in [0.5, 0.6) is 0 Å². The van der Waals surface area contributed by atoms with E-state index in [1.165, 1.54) is 41.6 Å². The number of aryl methyl sites for hydroxylation is 2. The van der Waals surface area contributed by atoms with E-state index >= 15 is 0 Å². The van der Waals surface area contributed by atoms with Crippen LogP contribution in [-0.4, -0.2) is 14.5 Å². The van der Waals surface area contributed by atoms with Gasteiger partial charge in [0.25, 0.3) is 0 Å². The monoisotopic (exact) mass is 229 g/mol. The molecular weight excluding hydrogens is 210 g/mol. The molecule has 0 aliphatic heterocycles. The summed E-state index contributed by atoms with van der Waals surface area (Å²) in [4.78, 5) is 9.01. The Bertz CT molecular complexity index is 588. The Kier molecular flexibility index (Phi) is 2.09. The van der Waals surface area contributed by atoms with Gasteiger partial charge in [-0.15, -0.1) is 0 Å². The Morgan fingerprint density at radius 3 is 2.65 bits per heavy atom. The van der Waals surface area contributed by atoms with Crippen LogP contribution in [0.4, 0.5) is 0 Å². The maximum absolute atomic E-state index is 4.54. The van der Waals surface area contributed by atoms with Gasteiger partial charge in [-0.3, -0.25) is 0 Å². The van der Waals surface area contributed by atoms with Gasteiger partial charge in [0.05, 0.1) is 5.69 Å². The second-order valence-corrected chi connectivity index (χ2v) is 6.01. The third kappa shape index (κ3) is 1.41. The zero-order valence-electron chi connectivity index (χ0n) is 11.0. The summed E-state index contributed by atoms with van der Waals surface area (Å²) < 4.78 is 2.26. The predicted octanol–water partition coefficient (Wildman–Crippen LogP) is 2.75. The van der Waals surface area contributed by atoms with Crippen LogP contribution in [0.15, 0.2) is 6.33 Å². The molecule has 3 heteroatoms. The molecule has 2 aromatic heterocycles. The molecule has 0 amide bonds. The van der Waals surface area contributed by atoms with Crippen molar-refractivity contribution in [2.45, 2.75) is 45.4 Å². The summed E-state index contributed by atoms with van der Waals surface area (Å²) in [6.07, 6.45) is 5.35. The molecule has 0 saturated carbocycles. The molecule has 90 valence electrons. The summed E-state index contributed by atoms with van der Waals surface area (Å²) in [6.45, 7) is 6.68. The SMILES string of the molecule is Cn1c2c(c3c(C(C)(C)C)ncnc31)CCC2. The van der Waals surface area contributed by atoms with Crippen molar-refractivity contribution in [1.29, 1.82) is 0 Å². The van der Waals surface area contributed by atoms with Crippen molar-refractivity contribution in [2.75, 3.05) is 0 Å². The van der Waals surface area contributed by atoms with Gasteiger partial charge in [0.1, 0.15) is 12.0 Å². The van der Waals surface area contributed by atoms with E-state index < -0.39 is 0 Å². The van der Waals surface area contributed by atoms with E-state index in [9.17, 15) is 0 Å². The summed E-state index contributed by atoms with van der Waals surface area (Å²) in [5, 5.41) is 1.31. The fraction of sp³-hybridized carbons (Fsp3) is 0.571. The van der Waals surface area contributed by atoms with E-state index in [1.54, 1.807) is 6.33 Å². The van der Waals surface area contributed by atoms with Crippen LogP contribution >= 0.6 is 0 Å². The third-order valence-electron chi connectivity index (χ3n) is 3.75. The molecule has 0 fully saturated rings. The fourth-order valence-corrected chi connectivity index (χ4v) is 2.97. The Morgan fingerprint density at radius 1 is 1.18 bits per heavy atom. The Hall–Kier alpha value is -1.38. The van der Waals surface area contributed by atoms with E-state index in [0.29, 0.717) is 0 Å². The highest BCUT2D eigenvalue weighted by atomic mass is 15.0. The third-order valence-corrected chi connectivity index (χ3v) is 3.75. The summed E-state index contributed by atoms with van der Waals surface area (Å²) in [5.41, 5.74) is 5.34. The van der Waals surface area contributed by atoms with Gasteiger partial charge in [-0.1, -0.05) is 20.8 Å². The van der Waals surface area contributed by atoms with Gasteiger partial charge in [-0.25, -0.2) is 9.97 Å². The number of nitrogens with zero attached hydrogens (tertiary/aromatic N) is 3. The van der Waals surface area contributed by atoms with Crippen LogP contribution < -0.4 is 0 Å². The maximum atomic E-state index is 4.54. The van der Waals surface area contributed by atoms with E-state index in [-0.39, 0.29) is 5.41 Å². The minimum Gasteiger partial charge on any atom is -0.332 e. The number of hydrogen-bond donors (Lipinski definition) is 0. The predicted molar refractivity (Wildman–Crippen MR) is 69.2 cm³/mol. The zero-order valence-corrected chi connectivity index (χ0v) is 11.0. The van der Waals surface area contributed by atoms with Gasteiger partial charge < -0.3 is 4.57 Å². The highest BCUT2D eigenvalue weighted by Gasteiger charge is 2.27. The second kappa shape index (κ2) is 3.31. The van der Waals surface area contributed by atoms with Gasteiger partial charge in [0.2, 0.25) is 0 Å². The largest absolute Gasteiger partial charge is 0.332 e. The lowest BCUT2D eigenvalue weighted by molar-refractivity contribution is 0.573. The fourth-order valence-electron chi connectivity index (χ4n) is 2.97. The molecule has 2 aromatic rings. The Morgan fingerprint density at radius 2 is 1.94 bits per heavy atom. The van der Waals surface area contributed by atoms with Gasteiger partial charge in [-0.2, -0.15) is 0 Å². The lowest BCUT2D eigenvalue weighted by Crippen LogP contribution is -2.14. The minimum atomic E-state index is 0.0822. The minimum absolute atomic E-state index is 0.0822. The normalized spacial score (nSPS) is 15.5. The Balaban J connectivity index is 2.43. The van der Waals surface area contributed by atoms with Crippen LogP contribution in [0, 0.1) is 0 Å². The summed E-state index contributed by atoms with van der Waals surface area (Å²) in [7, 11) is 2.13. The molecular formula is C14H19N3. The average Bonchev–Trinajstić information content (AvgIpc) is 2.82. The van der Waals surface area contributed by atoms with Crippen LogP contribution in [-0.2, 0) is 25.3 Å². The number of rotatable bonds is 0. The van der Waals surface area contributed by atoms with Crippen LogP contribution in [0.2, 0.25) is 0 Å². The molecule has 0 atom stereocenters. The van der Waals surface area contributed by atoms with Crippen LogP contribution in [0.25, 0.3) is 11.0 Å². The lowest BCUT2D eigenvalue weighted by atomic mass is 9.89. The molecule has 2 heterocycles. The van der Waals surface area contributed by atoms with E-state index in [2.05, 4.69) is 42.4 Å². The summed E-state index contributed by atoms with van der Waals surface area (Å²) >= 11 is 0. The standard InChI is InChI=1S/C14H19N3/c1-14(2,3)12-11-9-6-5-7-10(9)17(4)13(11)16-8-15-12/h8H,5-7H2,1-4H3. The summed E-state index contributed by atoms with van der Waals surface area (Å²) in [5.74, 6) is 0. The van der Waals surface area contributed by atoms with Gasteiger partial charge in [-0.05, 0) is 24.8 Å². The smallest absolute Gasteiger partial charge is 0.143 e. The highest BCUT2D eigenvalue weighted by Crippen LogP contribution is 2.36. The summed E-state index contributed by atoms with van der Waals surface area (Å²) in [6, 6.07) is 0.